The summed E-state index contributed by atoms with van der Waals surface area (Å²) < 4.78 is 5.14. The van der Waals surface area contributed by atoms with Gasteiger partial charge in [-0.2, -0.15) is 0 Å². The molecule has 0 radical (unpaired) electrons. The standard InChI is InChI=1S/C17H24N2O2/c1-18-17(20)16-7-3-4-12-19(16)13-5-6-14-8-10-15(21-2)11-9-14/h5-6,8-11,16H,3-4,7,12-13H2,1-2H3,(H,18,20)/b6-5+/t16-/m1/s1. The SMILES string of the molecule is CNC(=O)[C@H]1CCCCN1C/C=C/c1ccc(OC)cc1. The van der Waals surface area contributed by atoms with E-state index < -0.39 is 0 Å². The number of hydrogen-bond acceptors (Lipinski definition) is 3. The molecule has 4 nitrogen and oxygen atoms in total. The highest BCUT2D eigenvalue weighted by Crippen LogP contribution is 2.17. The van der Waals surface area contributed by atoms with Crippen molar-refractivity contribution in [3.05, 3.63) is 35.9 Å². The van der Waals surface area contributed by atoms with Crippen LogP contribution in [0.4, 0.5) is 0 Å². The van der Waals surface area contributed by atoms with Crippen molar-refractivity contribution in [2.45, 2.75) is 25.3 Å². The van der Waals surface area contributed by atoms with Crippen molar-refractivity contribution in [3.63, 3.8) is 0 Å². The summed E-state index contributed by atoms with van der Waals surface area (Å²) in [6.07, 6.45) is 7.48. The van der Waals surface area contributed by atoms with E-state index in [2.05, 4.69) is 22.4 Å². The first-order valence-corrected chi connectivity index (χ1v) is 7.51. The van der Waals surface area contributed by atoms with Crippen LogP contribution in [0, 0.1) is 0 Å². The van der Waals surface area contributed by atoms with Crippen LogP contribution in [-0.4, -0.2) is 44.1 Å². The number of benzene rings is 1. The summed E-state index contributed by atoms with van der Waals surface area (Å²) >= 11 is 0. The molecule has 21 heavy (non-hydrogen) atoms. The van der Waals surface area contributed by atoms with E-state index >= 15 is 0 Å². The van der Waals surface area contributed by atoms with Gasteiger partial charge in [-0.1, -0.05) is 30.7 Å². The minimum Gasteiger partial charge on any atom is -0.497 e. The number of nitrogens with zero attached hydrogens (tertiary/aromatic N) is 1. The number of likely N-dealkylation sites (N-methyl/N-ethyl adjacent to an activating group) is 1. The van der Waals surface area contributed by atoms with Gasteiger partial charge in [0.2, 0.25) is 5.91 Å². The summed E-state index contributed by atoms with van der Waals surface area (Å²) in [5, 5.41) is 2.77. The monoisotopic (exact) mass is 288 g/mol. The first-order chi connectivity index (χ1) is 10.2. The highest BCUT2D eigenvalue weighted by molar-refractivity contribution is 5.81. The number of rotatable bonds is 5. The number of piperidine rings is 1. The van der Waals surface area contributed by atoms with E-state index in [9.17, 15) is 4.79 Å². The summed E-state index contributed by atoms with van der Waals surface area (Å²) in [5.41, 5.74) is 1.14. The second-order valence-corrected chi connectivity index (χ2v) is 5.30. The van der Waals surface area contributed by atoms with Gasteiger partial charge in [0.05, 0.1) is 13.2 Å². The number of nitrogens with one attached hydrogen (secondary N) is 1. The van der Waals surface area contributed by atoms with Crippen molar-refractivity contribution >= 4 is 12.0 Å². The lowest BCUT2D eigenvalue weighted by Crippen LogP contribution is -2.48. The summed E-state index contributed by atoms with van der Waals surface area (Å²) in [6, 6.07) is 7.98. The molecule has 2 rings (SSSR count). The average Bonchev–Trinajstić information content (AvgIpc) is 2.55. The van der Waals surface area contributed by atoms with Crippen LogP contribution in [0.5, 0.6) is 5.75 Å². The van der Waals surface area contributed by atoms with Crippen molar-refractivity contribution < 1.29 is 9.53 Å². The van der Waals surface area contributed by atoms with E-state index in [4.69, 9.17) is 4.74 Å². The molecule has 0 saturated carbocycles. The Hall–Kier alpha value is -1.81. The Morgan fingerprint density at radius 3 is 2.81 bits per heavy atom. The van der Waals surface area contributed by atoms with E-state index in [1.165, 1.54) is 6.42 Å². The Balaban J connectivity index is 1.93. The number of ether oxygens (including phenoxy) is 1. The number of hydrogen-bond donors (Lipinski definition) is 1. The van der Waals surface area contributed by atoms with Crippen LogP contribution in [0.2, 0.25) is 0 Å². The predicted octanol–water partition coefficient (Wildman–Crippen LogP) is 2.31. The molecule has 0 aromatic heterocycles. The summed E-state index contributed by atoms with van der Waals surface area (Å²) in [6.45, 7) is 1.80. The third-order valence-corrected chi connectivity index (χ3v) is 3.93. The Kier molecular flexibility index (Phi) is 5.81. The van der Waals surface area contributed by atoms with E-state index in [-0.39, 0.29) is 11.9 Å². The summed E-state index contributed by atoms with van der Waals surface area (Å²) in [7, 11) is 3.38. The van der Waals surface area contributed by atoms with Gasteiger partial charge >= 0.3 is 0 Å². The van der Waals surface area contributed by atoms with Gasteiger partial charge in [0.1, 0.15) is 5.75 Å². The first-order valence-electron chi connectivity index (χ1n) is 7.51. The van der Waals surface area contributed by atoms with Gasteiger partial charge < -0.3 is 10.1 Å². The van der Waals surface area contributed by atoms with Crippen molar-refractivity contribution in [2.24, 2.45) is 0 Å². The molecular formula is C17H24N2O2. The first kappa shape index (κ1) is 15.6. The molecule has 1 saturated heterocycles. The molecule has 0 spiro atoms. The highest BCUT2D eigenvalue weighted by Gasteiger charge is 2.26. The average molecular weight is 288 g/mol. The molecule has 1 aromatic carbocycles. The van der Waals surface area contributed by atoms with Gasteiger partial charge in [0, 0.05) is 13.6 Å². The molecule has 0 unspecified atom stereocenters. The lowest BCUT2D eigenvalue weighted by Gasteiger charge is -2.33. The molecule has 4 heteroatoms. The lowest BCUT2D eigenvalue weighted by atomic mass is 10.0. The molecule has 0 bridgehead atoms. The van der Waals surface area contributed by atoms with Gasteiger partial charge in [-0.25, -0.2) is 0 Å². The topological polar surface area (TPSA) is 41.6 Å². The van der Waals surface area contributed by atoms with Crippen molar-refractivity contribution in [2.75, 3.05) is 27.2 Å². The zero-order chi connectivity index (χ0) is 15.1. The number of likely N-dealkylation sites (tertiary alicyclic amines) is 1. The molecule has 1 aromatic rings. The Bertz CT molecular complexity index is 482. The van der Waals surface area contributed by atoms with Crippen LogP contribution in [-0.2, 0) is 4.79 Å². The van der Waals surface area contributed by atoms with Crippen LogP contribution in [0.25, 0.3) is 6.08 Å². The molecular weight excluding hydrogens is 264 g/mol. The Labute approximate surface area is 126 Å². The van der Waals surface area contributed by atoms with E-state index in [1.807, 2.05) is 24.3 Å². The summed E-state index contributed by atoms with van der Waals surface area (Å²) in [5.74, 6) is 0.996. The van der Waals surface area contributed by atoms with E-state index in [1.54, 1.807) is 14.2 Å². The third-order valence-electron chi connectivity index (χ3n) is 3.93. The van der Waals surface area contributed by atoms with Gasteiger partial charge in [-0.3, -0.25) is 9.69 Å². The largest absolute Gasteiger partial charge is 0.497 e. The third kappa shape index (κ3) is 4.33. The van der Waals surface area contributed by atoms with Crippen LogP contribution in [0.3, 0.4) is 0 Å². The van der Waals surface area contributed by atoms with Gasteiger partial charge in [0.15, 0.2) is 0 Å². The number of methoxy groups -OCH3 is 1. The number of carbonyl (C=O) groups is 1. The van der Waals surface area contributed by atoms with Crippen molar-refractivity contribution in [1.29, 1.82) is 0 Å². The van der Waals surface area contributed by atoms with Crippen LogP contribution in [0.15, 0.2) is 30.3 Å². The van der Waals surface area contributed by atoms with Crippen LogP contribution in [0.1, 0.15) is 24.8 Å². The Morgan fingerprint density at radius 1 is 1.38 bits per heavy atom. The Morgan fingerprint density at radius 2 is 2.14 bits per heavy atom. The number of amides is 1. The minimum absolute atomic E-state index is 0.0178. The quantitative estimate of drug-likeness (QED) is 0.904. The molecule has 1 N–H and O–H groups in total. The molecule has 1 aliphatic heterocycles. The molecule has 1 amide bonds. The zero-order valence-corrected chi connectivity index (χ0v) is 12.8. The van der Waals surface area contributed by atoms with Crippen LogP contribution < -0.4 is 10.1 Å². The normalized spacial score (nSPS) is 19.6. The maximum Gasteiger partial charge on any atom is 0.237 e. The maximum absolute atomic E-state index is 11.9. The predicted molar refractivity (Wildman–Crippen MR) is 85.3 cm³/mol. The number of carbonyl (C=O) groups excluding carboxylic acids is 1. The zero-order valence-electron chi connectivity index (χ0n) is 12.8. The smallest absolute Gasteiger partial charge is 0.237 e. The van der Waals surface area contributed by atoms with Gasteiger partial charge in [0.25, 0.3) is 0 Å². The lowest BCUT2D eigenvalue weighted by molar-refractivity contribution is -0.126. The van der Waals surface area contributed by atoms with Crippen molar-refractivity contribution in [1.82, 2.24) is 10.2 Å². The van der Waals surface area contributed by atoms with Crippen LogP contribution >= 0.6 is 0 Å². The second-order valence-electron chi connectivity index (χ2n) is 5.30. The molecule has 114 valence electrons. The highest BCUT2D eigenvalue weighted by atomic mass is 16.5. The van der Waals surface area contributed by atoms with Gasteiger partial charge in [-0.05, 0) is 37.1 Å². The molecule has 1 heterocycles. The van der Waals surface area contributed by atoms with Gasteiger partial charge in [-0.15, -0.1) is 0 Å². The fourth-order valence-corrected chi connectivity index (χ4v) is 2.71. The fraction of sp³-hybridized carbons (Fsp3) is 0.471. The fourth-order valence-electron chi connectivity index (χ4n) is 2.71. The summed E-state index contributed by atoms with van der Waals surface area (Å²) in [4.78, 5) is 14.1. The molecule has 1 aliphatic rings. The molecule has 1 fully saturated rings. The van der Waals surface area contributed by atoms with Crippen molar-refractivity contribution in [3.8, 4) is 5.75 Å². The van der Waals surface area contributed by atoms with E-state index in [0.717, 1.165) is 37.2 Å². The second kappa shape index (κ2) is 7.84. The molecule has 0 aliphatic carbocycles. The molecule has 1 atom stereocenters. The van der Waals surface area contributed by atoms with E-state index in [0.29, 0.717) is 0 Å². The minimum atomic E-state index is 0.0178. The maximum atomic E-state index is 11.9.